The lowest BCUT2D eigenvalue weighted by Gasteiger charge is -2.18. The van der Waals surface area contributed by atoms with E-state index in [9.17, 15) is 13.2 Å². The molecule has 2 aromatic rings. The minimum Gasteiger partial charge on any atom is -0.352 e. The molecule has 1 aliphatic heterocycles. The van der Waals surface area contributed by atoms with Crippen LogP contribution >= 0.6 is 23.4 Å². The van der Waals surface area contributed by atoms with Crippen molar-refractivity contribution in [2.75, 3.05) is 25.1 Å². The predicted octanol–water partition coefficient (Wildman–Crippen LogP) is 2.52. The number of halogens is 1. The number of benzene rings is 1. The standard InChI is InChI=1S/C17H20ClN3O3S2/c1-25-8-6-16(22)20-13-5-7-21(11-13)26(23,24)15-4-2-3-12-9-19-10-14(18)17(12)15/h2-4,9-10,13H,5-8,11H2,1H3,(H,20,22)/t13-/m1/s1. The van der Waals surface area contributed by atoms with Gasteiger partial charge in [-0.15, -0.1) is 0 Å². The van der Waals surface area contributed by atoms with Gasteiger partial charge in [-0.2, -0.15) is 16.1 Å². The van der Waals surface area contributed by atoms with Crippen LogP contribution in [0.1, 0.15) is 12.8 Å². The number of sulfonamides is 1. The van der Waals surface area contributed by atoms with Crippen molar-refractivity contribution in [1.29, 1.82) is 0 Å². The molecule has 9 heteroatoms. The summed E-state index contributed by atoms with van der Waals surface area (Å²) in [6, 6.07) is 4.87. The van der Waals surface area contributed by atoms with Crippen LogP contribution in [0.5, 0.6) is 0 Å². The van der Waals surface area contributed by atoms with Crippen molar-refractivity contribution in [3.05, 3.63) is 35.6 Å². The number of amides is 1. The molecule has 140 valence electrons. The Morgan fingerprint density at radius 1 is 1.42 bits per heavy atom. The summed E-state index contributed by atoms with van der Waals surface area (Å²) in [5, 5.41) is 4.39. The first-order valence-electron chi connectivity index (χ1n) is 8.24. The molecule has 0 spiro atoms. The van der Waals surface area contributed by atoms with Gasteiger partial charge in [-0.25, -0.2) is 8.42 Å². The second kappa shape index (κ2) is 8.12. The summed E-state index contributed by atoms with van der Waals surface area (Å²) in [6.07, 6.45) is 6.03. The Hall–Kier alpha value is -1.35. The molecule has 1 N–H and O–H groups in total. The van der Waals surface area contributed by atoms with Gasteiger partial charge in [0.2, 0.25) is 15.9 Å². The van der Waals surface area contributed by atoms with Crippen LogP contribution in [0.2, 0.25) is 5.02 Å². The maximum Gasteiger partial charge on any atom is 0.243 e. The molecule has 0 unspecified atom stereocenters. The van der Waals surface area contributed by atoms with Gasteiger partial charge in [0.1, 0.15) is 0 Å². The average molecular weight is 414 g/mol. The Labute approximate surface area is 162 Å². The molecule has 26 heavy (non-hydrogen) atoms. The number of thioether (sulfide) groups is 1. The highest BCUT2D eigenvalue weighted by atomic mass is 35.5. The molecule has 6 nitrogen and oxygen atoms in total. The van der Waals surface area contributed by atoms with E-state index in [1.807, 2.05) is 6.26 Å². The van der Waals surface area contributed by atoms with Crippen LogP contribution in [0, 0.1) is 0 Å². The van der Waals surface area contributed by atoms with E-state index in [1.165, 1.54) is 10.5 Å². The molecule has 0 radical (unpaired) electrons. The van der Waals surface area contributed by atoms with E-state index in [1.54, 1.807) is 36.2 Å². The van der Waals surface area contributed by atoms with Crippen molar-refractivity contribution < 1.29 is 13.2 Å². The second-order valence-corrected chi connectivity index (χ2v) is 9.43. The summed E-state index contributed by atoms with van der Waals surface area (Å²) in [5.41, 5.74) is 0. The van der Waals surface area contributed by atoms with Gasteiger partial charge in [0, 0.05) is 54.5 Å². The fourth-order valence-electron chi connectivity index (χ4n) is 3.07. The Balaban J connectivity index is 1.81. The van der Waals surface area contributed by atoms with Gasteiger partial charge in [0.05, 0.1) is 9.92 Å². The summed E-state index contributed by atoms with van der Waals surface area (Å²) < 4.78 is 27.7. The van der Waals surface area contributed by atoms with Gasteiger partial charge in [-0.3, -0.25) is 9.78 Å². The van der Waals surface area contributed by atoms with Gasteiger partial charge < -0.3 is 5.32 Å². The molecule has 0 bridgehead atoms. The van der Waals surface area contributed by atoms with Crippen molar-refractivity contribution in [1.82, 2.24) is 14.6 Å². The Morgan fingerprint density at radius 3 is 3.00 bits per heavy atom. The first-order valence-corrected chi connectivity index (χ1v) is 11.5. The third-order valence-electron chi connectivity index (χ3n) is 4.37. The van der Waals surface area contributed by atoms with E-state index in [-0.39, 0.29) is 23.4 Å². The van der Waals surface area contributed by atoms with E-state index < -0.39 is 10.0 Å². The number of aromatic nitrogens is 1. The third-order valence-corrected chi connectivity index (χ3v) is 7.17. The SMILES string of the molecule is CSCCC(=O)N[C@@H]1CCN(S(=O)(=O)c2cccc3cncc(Cl)c23)C1. The van der Waals surface area contributed by atoms with Crippen LogP contribution in [-0.4, -0.2) is 54.8 Å². The zero-order valence-corrected chi connectivity index (χ0v) is 16.7. The summed E-state index contributed by atoms with van der Waals surface area (Å²) >= 11 is 7.82. The molecule has 1 saturated heterocycles. The summed E-state index contributed by atoms with van der Waals surface area (Å²) in [5.74, 6) is 0.714. The van der Waals surface area contributed by atoms with E-state index >= 15 is 0 Å². The Morgan fingerprint density at radius 2 is 2.23 bits per heavy atom. The van der Waals surface area contributed by atoms with Crippen LogP contribution in [0.3, 0.4) is 0 Å². The highest BCUT2D eigenvalue weighted by Gasteiger charge is 2.34. The van der Waals surface area contributed by atoms with Crippen molar-refractivity contribution in [2.24, 2.45) is 0 Å². The number of nitrogens with zero attached hydrogens (tertiary/aromatic N) is 2. The monoisotopic (exact) mass is 413 g/mol. The number of fused-ring (bicyclic) bond motifs is 1. The molecule has 0 aliphatic carbocycles. The van der Waals surface area contributed by atoms with Crippen molar-refractivity contribution in [3.8, 4) is 0 Å². The molecule has 2 heterocycles. The number of rotatable bonds is 6. The van der Waals surface area contributed by atoms with Crippen LogP contribution in [-0.2, 0) is 14.8 Å². The van der Waals surface area contributed by atoms with Crippen molar-refractivity contribution >= 4 is 50.1 Å². The summed E-state index contributed by atoms with van der Waals surface area (Å²) in [4.78, 5) is 16.1. The van der Waals surface area contributed by atoms with E-state index in [2.05, 4.69) is 10.3 Å². The minimum absolute atomic E-state index is 0.0390. The van der Waals surface area contributed by atoms with E-state index in [0.717, 1.165) is 5.75 Å². The van der Waals surface area contributed by atoms with Crippen LogP contribution < -0.4 is 5.32 Å². The zero-order chi connectivity index (χ0) is 18.7. The lowest BCUT2D eigenvalue weighted by molar-refractivity contribution is -0.121. The topological polar surface area (TPSA) is 79.4 Å². The Kier molecular flexibility index (Phi) is 6.06. The number of hydrogen-bond donors (Lipinski definition) is 1. The third kappa shape index (κ3) is 3.98. The maximum absolute atomic E-state index is 13.1. The number of carbonyl (C=O) groups excluding carboxylic acids is 1. The highest BCUT2D eigenvalue weighted by molar-refractivity contribution is 7.98. The first kappa shape index (κ1) is 19.4. The maximum atomic E-state index is 13.1. The number of pyridine rings is 1. The minimum atomic E-state index is -3.71. The van der Waals surface area contributed by atoms with Gasteiger partial charge in [0.15, 0.2) is 0 Å². The molecule has 1 aromatic heterocycles. The van der Waals surface area contributed by atoms with Gasteiger partial charge in [-0.1, -0.05) is 23.7 Å². The largest absolute Gasteiger partial charge is 0.352 e. The van der Waals surface area contributed by atoms with Gasteiger partial charge >= 0.3 is 0 Å². The van der Waals surface area contributed by atoms with Crippen molar-refractivity contribution in [3.63, 3.8) is 0 Å². The quantitative estimate of drug-likeness (QED) is 0.787. The average Bonchev–Trinajstić information content (AvgIpc) is 3.09. The normalized spacial score (nSPS) is 18.3. The van der Waals surface area contributed by atoms with Gasteiger partial charge in [0.25, 0.3) is 0 Å². The number of nitrogens with one attached hydrogen (secondary N) is 1. The van der Waals surface area contributed by atoms with E-state index in [0.29, 0.717) is 35.2 Å². The summed E-state index contributed by atoms with van der Waals surface area (Å²) in [7, 11) is -3.71. The van der Waals surface area contributed by atoms with Crippen LogP contribution in [0.25, 0.3) is 10.8 Å². The van der Waals surface area contributed by atoms with Crippen molar-refractivity contribution in [2.45, 2.75) is 23.8 Å². The molecule has 1 amide bonds. The number of hydrogen-bond acceptors (Lipinski definition) is 5. The molecular weight excluding hydrogens is 394 g/mol. The Bertz CT molecular complexity index is 915. The zero-order valence-electron chi connectivity index (χ0n) is 14.3. The highest BCUT2D eigenvalue weighted by Crippen LogP contribution is 2.32. The molecular formula is C17H20ClN3O3S2. The molecule has 1 aliphatic rings. The van der Waals surface area contributed by atoms with Crippen LogP contribution in [0.4, 0.5) is 0 Å². The lowest BCUT2D eigenvalue weighted by Crippen LogP contribution is -2.38. The lowest BCUT2D eigenvalue weighted by atomic mass is 10.2. The predicted molar refractivity (Wildman–Crippen MR) is 105 cm³/mol. The van der Waals surface area contributed by atoms with Crippen LogP contribution in [0.15, 0.2) is 35.5 Å². The van der Waals surface area contributed by atoms with E-state index in [4.69, 9.17) is 11.6 Å². The number of carbonyl (C=O) groups is 1. The fraction of sp³-hybridized carbons (Fsp3) is 0.412. The van der Waals surface area contributed by atoms with Gasteiger partial charge in [-0.05, 0) is 18.7 Å². The second-order valence-electron chi connectivity index (χ2n) is 6.13. The molecule has 1 fully saturated rings. The fourth-order valence-corrected chi connectivity index (χ4v) is 5.52. The first-order chi connectivity index (χ1) is 12.4. The summed E-state index contributed by atoms with van der Waals surface area (Å²) in [6.45, 7) is 0.640. The molecule has 1 atom stereocenters. The molecule has 0 saturated carbocycles. The molecule has 3 rings (SSSR count). The smallest absolute Gasteiger partial charge is 0.243 e. The molecule has 1 aromatic carbocycles.